The first kappa shape index (κ1) is 16.0. The van der Waals surface area contributed by atoms with Crippen molar-refractivity contribution in [2.24, 2.45) is 4.99 Å². The van der Waals surface area contributed by atoms with Gasteiger partial charge >= 0.3 is 0 Å². The van der Waals surface area contributed by atoms with E-state index < -0.39 is 0 Å². The van der Waals surface area contributed by atoms with Crippen molar-refractivity contribution in [1.29, 1.82) is 0 Å². The van der Waals surface area contributed by atoms with Gasteiger partial charge in [0, 0.05) is 44.3 Å². The molecule has 5 rings (SSSR count). The highest BCUT2D eigenvalue weighted by Gasteiger charge is 2.22. The second kappa shape index (κ2) is 6.48. The van der Waals surface area contributed by atoms with E-state index in [0.717, 1.165) is 49.6 Å². The number of aromatic amines is 1. The zero-order chi connectivity index (χ0) is 18.2. The molecule has 0 amide bonds. The van der Waals surface area contributed by atoms with Crippen LogP contribution in [0.25, 0.3) is 10.8 Å². The van der Waals surface area contributed by atoms with Crippen molar-refractivity contribution in [2.45, 2.75) is 0 Å². The van der Waals surface area contributed by atoms with Gasteiger partial charge in [0.15, 0.2) is 5.82 Å². The first-order valence-corrected chi connectivity index (χ1v) is 9.01. The van der Waals surface area contributed by atoms with Gasteiger partial charge in [0.25, 0.3) is 5.56 Å². The van der Waals surface area contributed by atoms with Crippen molar-refractivity contribution in [3.05, 3.63) is 53.1 Å². The number of benzene rings is 1. The molecule has 0 saturated carbocycles. The van der Waals surface area contributed by atoms with Gasteiger partial charge in [-0.05, 0) is 24.3 Å². The highest BCUT2D eigenvalue weighted by atomic mass is 16.1. The Morgan fingerprint density at radius 1 is 1.04 bits per heavy atom. The van der Waals surface area contributed by atoms with Crippen LogP contribution < -0.4 is 15.8 Å². The molecule has 27 heavy (non-hydrogen) atoms. The standard InChI is InChI=1S/C19H19N7O/c27-19-14-2-1-3-15-17(14)18(23-24-19)22-16(21-15)12-25-8-10-26(11-9-25)13-4-6-20-7-5-13/h1-7H,8-12H2,(H,24,27)(H,21,22,23). The maximum Gasteiger partial charge on any atom is 0.272 e. The summed E-state index contributed by atoms with van der Waals surface area (Å²) in [7, 11) is 0. The Balaban J connectivity index is 1.32. The molecule has 1 saturated heterocycles. The summed E-state index contributed by atoms with van der Waals surface area (Å²) in [4.78, 5) is 25.5. The number of nitrogens with one attached hydrogen (secondary N) is 2. The maximum atomic E-state index is 12.0. The van der Waals surface area contributed by atoms with Gasteiger partial charge in [0.2, 0.25) is 0 Å². The van der Waals surface area contributed by atoms with Gasteiger partial charge in [-0.25, -0.2) is 10.1 Å². The fourth-order valence-corrected chi connectivity index (χ4v) is 3.70. The Bertz CT molecular complexity index is 1070. The fourth-order valence-electron chi connectivity index (χ4n) is 3.70. The summed E-state index contributed by atoms with van der Waals surface area (Å²) in [5.74, 6) is 1.52. The summed E-state index contributed by atoms with van der Waals surface area (Å²) in [5.41, 5.74) is 1.82. The number of anilines is 2. The van der Waals surface area contributed by atoms with Crippen molar-refractivity contribution in [3.63, 3.8) is 0 Å². The lowest BCUT2D eigenvalue weighted by Crippen LogP contribution is -2.48. The first-order valence-electron chi connectivity index (χ1n) is 9.01. The number of pyridine rings is 1. The van der Waals surface area contributed by atoms with Crippen molar-refractivity contribution >= 4 is 33.8 Å². The average Bonchev–Trinajstić information content (AvgIpc) is 2.72. The van der Waals surface area contributed by atoms with Crippen molar-refractivity contribution in [2.75, 3.05) is 42.9 Å². The lowest BCUT2D eigenvalue weighted by atomic mass is 10.1. The molecule has 1 aromatic carbocycles. The molecule has 8 heteroatoms. The molecule has 8 nitrogen and oxygen atoms in total. The van der Waals surface area contributed by atoms with Crippen LogP contribution in [0.1, 0.15) is 0 Å². The molecule has 0 atom stereocenters. The largest absolute Gasteiger partial charge is 0.369 e. The molecule has 0 spiro atoms. The van der Waals surface area contributed by atoms with Crippen LogP contribution in [0.15, 0.2) is 52.5 Å². The van der Waals surface area contributed by atoms with E-state index in [0.29, 0.717) is 11.2 Å². The Kier molecular flexibility index (Phi) is 3.83. The molecule has 2 aliphatic heterocycles. The molecule has 1 fully saturated rings. The van der Waals surface area contributed by atoms with Crippen LogP contribution in [0, 0.1) is 0 Å². The fraction of sp³-hybridized carbons (Fsp3) is 0.263. The number of rotatable bonds is 3. The summed E-state index contributed by atoms with van der Waals surface area (Å²) in [5, 5.41) is 11.4. The van der Waals surface area contributed by atoms with E-state index in [-0.39, 0.29) is 5.56 Å². The second-order valence-corrected chi connectivity index (χ2v) is 6.75. The Labute approximate surface area is 155 Å². The number of amidine groups is 1. The van der Waals surface area contributed by atoms with Crippen molar-refractivity contribution in [1.82, 2.24) is 20.1 Å². The molecule has 2 aromatic heterocycles. The monoisotopic (exact) mass is 361 g/mol. The minimum atomic E-state index is -0.191. The topological polar surface area (TPSA) is 89.5 Å². The van der Waals surface area contributed by atoms with Crippen molar-refractivity contribution < 1.29 is 0 Å². The average molecular weight is 361 g/mol. The number of aromatic nitrogens is 3. The van der Waals surface area contributed by atoms with Crippen LogP contribution in [0.4, 0.5) is 17.2 Å². The molecule has 0 aliphatic carbocycles. The second-order valence-electron chi connectivity index (χ2n) is 6.75. The van der Waals surface area contributed by atoms with E-state index in [1.807, 2.05) is 36.7 Å². The van der Waals surface area contributed by atoms with E-state index in [2.05, 4.69) is 30.3 Å². The van der Waals surface area contributed by atoms with E-state index >= 15 is 0 Å². The molecule has 3 aromatic rings. The molecule has 4 heterocycles. The van der Waals surface area contributed by atoms with Crippen LogP contribution in [0.5, 0.6) is 0 Å². The van der Waals surface area contributed by atoms with E-state index in [9.17, 15) is 4.79 Å². The zero-order valence-corrected chi connectivity index (χ0v) is 14.7. The van der Waals surface area contributed by atoms with Crippen LogP contribution in [0.3, 0.4) is 0 Å². The van der Waals surface area contributed by atoms with Crippen LogP contribution in [-0.4, -0.2) is 58.6 Å². The van der Waals surface area contributed by atoms with Gasteiger partial charge in [0.1, 0.15) is 5.84 Å². The highest BCUT2D eigenvalue weighted by molar-refractivity contribution is 6.12. The number of H-pyrrole nitrogens is 1. The lowest BCUT2D eigenvalue weighted by molar-refractivity contribution is 0.291. The van der Waals surface area contributed by atoms with E-state index in [1.54, 1.807) is 6.07 Å². The summed E-state index contributed by atoms with van der Waals surface area (Å²) < 4.78 is 0. The predicted octanol–water partition coefficient (Wildman–Crippen LogP) is 1.60. The third-order valence-corrected chi connectivity index (χ3v) is 5.08. The minimum Gasteiger partial charge on any atom is -0.369 e. The number of hydrogen-bond donors (Lipinski definition) is 2. The number of piperazine rings is 1. The third-order valence-electron chi connectivity index (χ3n) is 5.08. The molecule has 0 radical (unpaired) electrons. The van der Waals surface area contributed by atoms with Gasteiger partial charge in [-0.1, -0.05) is 6.07 Å². The molecule has 0 unspecified atom stereocenters. The molecular weight excluding hydrogens is 342 g/mol. The lowest BCUT2D eigenvalue weighted by Gasteiger charge is -2.36. The van der Waals surface area contributed by atoms with Gasteiger partial charge in [-0.3, -0.25) is 14.7 Å². The summed E-state index contributed by atoms with van der Waals surface area (Å²) in [6, 6.07) is 9.67. The minimum absolute atomic E-state index is 0.191. The normalized spacial score (nSPS) is 16.9. The molecule has 0 bridgehead atoms. The quantitative estimate of drug-likeness (QED) is 0.736. The smallest absolute Gasteiger partial charge is 0.272 e. The van der Waals surface area contributed by atoms with Crippen LogP contribution in [-0.2, 0) is 0 Å². The van der Waals surface area contributed by atoms with Gasteiger partial charge in [-0.15, -0.1) is 0 Å². The summed E-state index contributed by atoms with van der Waals surface area (Å²) in [6.07, 6.45) is 3.66. The SMILES string of the molecule is O=c1[nH]nc2c3c(cccc13)N=C(CN1CCN(c3ccncc3)CC1)N2. The number of aliphatic imine (C=N–C) groups is 1. The van der Waals surface area contributed by atoms with Crippen molar-refractivity contribution in [3.8, 4) is 0 Å². The number of hydrogen-bond acceptors (Lipinski definition) is 7. The Morgan fingerprint density at radius 2 is 1.85 bits per heavy atom. The van der Waals surface area contributed by atoms with E-state index in [4.69, 9.17) is 4.99 Å². The molecule has 2 aliphatic rings. The summed E-state index contributed by atoms with van der Waals surface area (Å²) >= 11 is 0. The predicted molar refractivity (Wildman–Crippen MR) is 106 cm³/mol. The first-order chi connectivity index (χ1) is 13.3. The molecule has 136 valence electrons. The summed E-state index contributed by atoms with van der Waals surface area (Å²) in [6.45, 7) is 4.57. The zero-order valence-electron chi connectivity index (χ0n) is 14.7. The third kappa shape index (κ3) is 2.93. The Morgan fingerprint density at radius 3 is 2.67 bits per heavy atom. The maximum absolute atomic E-state index is 12.0. The van der Waals surface area contributed by atoms with Gasteiger partial charge < -0.3 is 10.2 Å². The van der Waals surface area contributed by atoms with Gasteiger partial charge in [-0.2, -0.15) is 5.10 Å². The van der Waals surface area contributed by atoms with Crippen LogP contribution >= 0.6 is 0 Å². The Hall–Kier alpha value is -3.26. The molecule has 2 N–H and O–H groups in total. The van der Waals surface area contributed by atoms with E-state index in [1.165, 1.54) is 5.69 Å². The number of nitrogens with zero attached hydrogens (tertiary/aromatic N) is 5. The van der Waals surface area contributed by atoms with Crippen LogP contribution in [0.2, 0.25) is 0 Å². The highest BCUT2D eigenvalue weighted by Crippen LogP contribution is 2.32. The van der Waals surface area contributed by atoms with Gasteiger partial charge in [0.05, 0.1) is 23.0 Å². The molecular formula is C19H19N7O.